The molecule has 1 heterocycles. The molecule has 0 aliphatic heterocycles. The first-order valence-corrected chi connectivity index (χ1v) is 6.00. The van der Waals surface area contributed by atoms with E-state index in [0.29, 0.717) is 17.8 Å². The van der Waals surface area contributed by atoms with Crippen molar-refractivity contribution >= 4 is 22.4 Å². The number of rotatable bonds is 2. The summed E-state index contributed by atoms with van der Waals surface area (Å²) in [5.74, 6) is 6.85. The average molecular weight is 253 g/mol. The molecule has 0 aliphatic carbocycles. The number of nitrogens with zero attached hydrogens (tertiary/aromatic N) is 2. The van der Waals surface area contributed by atoms with Crippen LogP contribution < -0.4 is 17.3 Å². The fourth-order valence-electron chi connectivity index (χ4n) is 2.13. The zero-order valence-electron chi connectivity index (χ0n) is 10.4. The van der Waals surface area contributed by atoms with Gasteiger partial charge in [-0.3, -0.25) is 0 Å². The van der Waals surface area contributed by atoms with Gasteiger partial charge < -0.3 is 17.3 Å². The molecule has 5 nitrogen and oxygen atoms in total. The molecule has 0 unspecified atom stereocenters. The van der Waals surface area contributed by atoms with Gasteiger partial charge in [0.2, 0.25) is 0 Å². The Balaban J connectivity index is 2.08. The molecule has 0 amide bonds. The minimum absolute atomic E-state index is 0.519. The van der Waals surface area contributed by atoms with Gasteiger partial charge in [-0.15, -0.1) is 0 Å². The lowest BCUT2D eigenvalue weighted by molar-refractivity contribution is 0.898. The number of nitrogens with two attached hydrogens (primary N) is 3. The van der Waals surface area contributed by atoms with Gasteiger partial charge in [0.15, 0.2) is 0 Å². The first-order chi connectivity index (χ1) is 9.15. The standard InChI is InChI=1S/C14H15N5/c15-10-7-12-13(8-11(10)16)19(17)14(18-12)6-9-4-2-1-3-5-9/h1-5,7-8H,6,15-17H2. The summed E-state index contributed by atoms with van der Waals surface area (Å²) in [5.41, 5.74) is 15.3. The van der Waals surface area contributed by atoms with Crippen LogP contribution in [0.25, 0.3) is 11.0 Å². The highest BCUT2D eigenvalue weighted by Crippen LogP contribution is 2.24. The lowest BCUT2D eigenvalue weighted by Crippen LogP contribution is -2.13. The molecule has 0 bridgehead atoms. The van der Waals surface area contributed by atoms with Crippen LogP contribution in [-0.2, 0) is 6.42 Å². The van der Waals surface area contributed by atoms with Crippen LogP contribution >= 0.6 is 0 Å². The molecule has 0 fully saturated rings. The van der Waals surface area contributed by atoms with Crippen molar-refractivity contribution < 1.29 is 0 Å². The van der Waals surface area contributed by atoms with Crippen LogP contribution in [0.3, 0.4) is 0 Å². The highest BCUT2D eigenvalue weighted by Gasteiger charge is 2.10. The van der Waals surface area contributed by atoms with E-state index in [1.165, 1.54) is 0 Å². The molecule has 0 saturated carbocycles. The highest BCUT2D eigenvalue weighted by molar-refractivity contribution is 5.86. The maximum atomic E-state index is 6.06. The van der Waals surface area contributed by atoms with Gasteiger partial charge >= 0.3 is 0 Å². The van der Waals surface area contributed by atoms with Crippen molar-refractivity contribution in [3.8, 4) is 0 Å². The van der Waals surface area contributed by atoms with Crippen molar-refractivity contribution in [3.63, 3.8) is 0 Å². The number of hydrogen-bond donors (Lipinski definition) is 3. The van der Waals surface area contributed by atoms with Gasteiger partial charge in [-0.25, -0.2) is 9.66 Å². The molecule has 0 radical (unpaired) electrons. The van der Waals surface area contributed by atoms with Crippen molar-refractivity contribution in [2.75, 3.05) is 17.3 Å². The van der Waals surface area contributed by atoms with Gasteiger partial charge in [0.25, 0.3) is 0 Å². The van der Waals surface area contributed by atoms with Crippen LogP contribution in [0.1, 0.15) is 11.4 Å². The Kier molecular flexibility index (Phi) is 2.52. The number of aromatic nitrogens is 2. The Labute approximate surface area is 110 Å². The van der Waals surface area contributed by atoms with Crippen molar-refractivity contribution in [1.29, 1.82) is 0 Å². The summed E-state index contributed by atoms with van der Waals surface area (Å²) < 4.78 is 1.57. The first kappa shape index (κ1) is 11.4. The average Bonchev–Trinajstić information content (AvgIpc) is 2.69. The van der Waals surface area contributed by atoms with E-state index in [1.807, 2.05) is 30.3 Å². The third kappa shape index (κ3) is 1.95. The fourth-order valence-corrected chi connectivity index (χ4v) is 2.13. The summed E-state index contributed by atoms with van der Waals surface area (Å²) in [6.45, 7) is 0. The normalized spacial score (nSPS) is 10.9. The van der Waals surface area contributed by atoms with Crippen molar-refractivity contribution in [3.05, 3.63) is 53.9 Å². The van der Waals surface area contributed by atoms with Gasteiger partial charge in [-0.05, 0) is 17.7 Å². The Bertz CT molecular complexity index is 730. The molecule has 0 saturated heterocycles. The number of fused-ring (bicyclic) bond motifs is 1. The predicted octanol–water partition coefficient (Wildman–Crippen LogP) is 1.51. The van der Waals surface area contributed by atoms with E-state index < -0.39 is 0 Å². The second-order valence-electron chi connectivity index (χ2n) is 4.53. The minimum Gasteiger partial charge on any atom is -0.397 e. The molecular formula is C14H15N5. The number of imidazole rings is 1. The van der Waals surface area contributed by atoms with Gasteiger partial charge in [0.1, 0.15) is 5.82 Å². The molecule has 3 aromatic rings. The summed E-state index contributed by atoms with van der Waals surface area (Å²) in [4.78, 5) is 4.51. The maximum absolute atomic E-state index is 6.06. The molecule has 5 heteroatoms. The predicted molar refractivity (Wildman–Crippen MR) is 78.0 cm³/mol. The number of nitrogen functional groups attached to an aromatic ring is 3. The third-order valence-corrected chi connectivity index (χ3v) is 3.17. The second-order valence-corrected chi connectivity index (χ2v) is 4.53. The molecule has 6 N–H and O–H groups in total. The molecule has 19 heavy (non-hydrogen) atoms. The molecule has 96 valence electrons. The van der Waals surface area contributed by atoms with E-state index >= 15 is 0 Å². The van der Waals surface area contributed by atoms with Crippen LogP contribution in [0.15, 0.2) is 42.5 Å². The monoisotopic (exact) mass is 253 g/mol. The summed E-state index contributed by atoms with van der Waals surface area (Å²) in [5, 5.41) is 0. The first-order valence-electron chi connectivity index (χ1n) is 6.00. The minimum atomic E-state index is 0.519. The van der Waals surface area contributed by atoms with Crippen LogP contribution in [0.2, 0.25) is 0 Å². The van der Waals surface area contributed by atoms with Crippen LogP contribution in [0.4, 0.5) is 11.4 Å². The Morgan fingerprint density at radius 2 is 1.68 bits per heavy atom. The van der Waals surface area contributed by atoms with E-state index in [4.69, 9.17) is 17.3 Å². The summed E-state index contributed by atoms with van der Waals surface area (Å²) >= 11 is 0. The zero-order valence-corrected chi connectivity index (χ0v) is 10.4. The van der Waals surface area contributed by atoms with E-state index in [0.717, 1.165) is 22.4 Å². The Morgan fingerprint density at radius 1 is 1.00 bits per heavy atom. The van der Waals surface area contributed by atoms with Crippen LogP contribution in [0.5, 0.6) is 0 Å². The number of benzene rings is 2. The van der Waals surface area contributed by atoms with Crippen LogP contribution in [-0.4, -0.2) is 9.66 Å². The number of hydrogen-bond acceptors (Lipinski definition) is 4. The summed E-state index contributed by atoms with van der Waals surface area (Å²) in [6, 6.07) is 13.6. The lowest BCUT2D eigenvalue weighted by Gasteiger charge is -2.03. The van der Waals surface area contributed by atoms with Crippen molar-refractivity contribution in [1.82, 2.24) is 9.66 Å². The van der Waals surface area contributed by atoms with E-state index in [9.17, 15) is 0 Å². The van der Waals surface area contributed by atoms with Gasteiger partial charge in [0.05, 0.1) is 22.4 Å². The largest absolute Gasteiger partial charge is 0.397 e. The molecular weight excluding hydrogens is 238 g/mol. The second kappa shape index (κ2) is 4.20. The molecule has 1 aromatic heterocycles. The quantitative estimate of drug-likeness (QED) is 0.476. The third-order valence-electron chi connectivity index (χ3n) is 3.17. The van der Waals surface area contributed by atoms with E-state index in [-0.39, 0.29) is 0 Å². The van der Waals surface area contributed by atoms with Gasteiger partial charge in [-0.2, -0.15) is 0 Å². The Morgan fingerprint density at radius 3 is 2.42 bits per heavy atom. The SMILES string of the molecule is Nc1cc2nc(Cc3ccccc3)n(N)c2cc1N. The summed E-state index contributed by atoms with van der Waals surface area (Å²) in [6.07, 6.45) is 0.672. The van der Waals surface area contributed by atoms with Gasteiger partial charge in [0, 0.05) is 6.42 Å². The van der Waals surface area contributed by atoms with Gasteiger partial charge in [-0.1, -0.05) is 30.3 Å². The highest BCUT2D eigenvalue weighted by atomic mass is 15.3. The van der Waals surface area contributed by atoms with Crippen molar-refractivity contribution in [2.24, 2.45) is 0 Å². The van der Waals surface area contributed by atoms with Crippen LogP contribution in [0, 0.1) is 0 Å². The zero-order chi connectivity index (χ0) is 13.4. The molecule has 0 aliphatic rings. The molecule has 0 atom stereocenters. The lowest BCUT2D eigenvalue weighted by atomic mass is 10.1. The smallest absolute Gasteiger partial charge is 0.132 e. The molecule has 2 aromatic carbocycles. The number of anilines is 2. The van der Waals surface area contributed by atoms with Crippen molar-refractivity contribution in [2.45, 2.75) is 6.42 Å². The topological polar surface area (TPSA) is 95.9 Å². The van der Waals surface area contributed by atoms with E-state index in [2.05, 4.69) is 4.98 Å². The molecule has 3 rings (SSSR count). The molecule has 0 spiro atoms. The fraction of sp³-hybridized carbons (Fsp3) is 0.0714. The van der Waals surface area contributed by atoms with E-state index in [1.54, 1.807) is 16.8 Å². The Hall–Kier alpha value is -2.69. The summed E-state index contributed by atoms with van der Waals surface area (Å²) in [7, 11) is 0. The maximum Gasteiger partial charge on any atom is 0.132 e.